The Morgan fingerprint density at radius 3 is 2.94 bits per heavy atom. The third-order valence-corrected chi connectivity index (χ3v) is 5.44. The predicted octanol–water partition coefficient (Wildman–Crippen LogP) is 2.66. The minimum atomic E-state index is -0.522. The molecule has 10 heteroatoms. The maximum Gasteiger partial charge on any atom is 0.262 e. The van der Waals surface area contributed by atoms with Gasteiger partial charge in [-0.2, -0.15) is 4.98 Å². The average molecular weight is 442 g/mol. The highest BCUT2D eigenvalue weighted by atomic mass is 19.1. The highest BCUT2D eigenvalue weighted by Crippen LogP contribution is 2.23. The van der Waals surface area contributed by atoms with Crippen molar-refractivity contribution in [3.63, 3.8) is 0 Å². The summed E-state index contributed by atoms with van der Waals surface area (Å²) >= 11 is 0. The number of ether oxygens (including phenoxy) is 1. The van der Waals surface area contributed by atoms with Crippen LogP contribution in [0.4, 0.5) is 16.0 Å². The van der Waals surface area contributed by atoms with Gasteiger partial charge >= 0.3 is 0 Å². The van der Waals surface area contributed by atoms with Crippen LogP contribution in [0.2, 0.25) is 0 Å². The molecule has 0 aromatic carbocycles. The van der Waals surface area contributed by atoms with Gasteiger partial charge in [-0.25, -0.2) is 14.4 Å². The number of fused-ring (bicyclic) bond motifs is 1. The Labute approximate surface area is 186 Å². The van der Waals surface area contributed by atoms with Crippen LogP contribution < -0.4 is 20.3 Å². The number of carbonyl (C=O) groups excluding carboxylic acids is 1. The van der Waals surface area contributed by atoms with Gasteiger partial charge in [-0.1, -0.05) is 13.8 Å². The van der Waals surface area contributed by atoms with E-state index in [1.165, 1.54) is 12.3 Å². The second-order valence-corrected chi connectivity index (χ2v) is 8.22. The van der Waals surface area contributed by atoms with Crippen LogP contribution in [0, 0.1) is 18.7 Å². The van der Waals surface area contributed by atoms with E-state index < -0.39 is 11.7 Å². The molecule has 0 bridgehead atoms. The van der Waals surface area contributed by atoms with Gasteiger partial charge in [-0.15, -0.1) is 0 Å². The Kier molecular flexibility index (Phi) is 6.22. The molecule has 4 heterocycles. The van der Waals surface area contributed by atoms with Gasteiger partial charge in [0.05, 0.1) is 18.0 Å². The van der Waals surface area contributed by atoms with Crippen molar-refractivity contribution >= 4 is 23.2 Å². The summed E-state index contributed by atoms with van der Waals surface area (Å²) in [6.45, 7) is 10.7. The molecule has 0 aliphatic carbocycles. The fourth-order valence-electron chi connectivity index (χ4n) is 3.76. The fourth-order valence-corrected chi connectivity index (χ4v) is 3.76. The number of imidazole rings is 1. The SMILES string of the molecule is CCOc1nc(N2CCN[C@@H](C(C)C)C2)ncc1C(=O)Nc1cc(F)c2nc(C)cn2c1. The number of carbonyl (C=O) groups is 1. The van der Waals surface area contributed by atoms with Crippen molar-refractivity contribution in [2.24, 2.45) is 5.92 Å². The molecule has 170 valence electrons. The van der Waals surface area contributed by atoms with Crippen molar-refractivity contribution in [2.45, 2.75) is 33.7 Å². The molecule has 3 aromatic rings. The van der Waals surface area contributed by atoms with E-state index in [4.69, 9.17) is 4.74 Å². The molecule has 3 aromatic heterocycles. The van der Waals surface area contributed by atoms with Crippen LogP contribution in [0.3, 0.4) is 0 Å². The maximum absolute atomic E-state index is 14.4. The zero-order valence-corrected chi connectivity index (χ0v) is 18.7. The van der Waals surface area contributed by atoms with Gasteiger partial charge in [0.25, 0.3) is 5.91 Å². The Morgan fingerprint density at radius 2 is 2.19 bits per heavy atom. The molecule has 0 unspecified atom stereocenters. The Morgan fingerprint density at radius 1 is 1.38 bits per heavy atom. The molecule has 1 saturated heterocycles. The van der Waals surface area contributed by atoms with Crippen molar-refractivity contribution in [3.05, 3.63) is 41.7 Å². The lowest BCUT2D eigenvalue weighted by atomic mass is 10.0. The summed E-state index contributed by atoms with van der Waals surface area (Å²) in [4.78, 5) is 28.1. The first kappa shape index (κ1) is 21.9. The van der Waals surface area contributed by atoms with Crippen molar-refractivity contribution in [2.75, 3.05) is 36.5 Å². The minimum Gasteiger partial charge on any atom is -0.477 e. The second-order valence-electron chi connectivity index (χ2n) is 8.22. The van der Waals surface area contributed by atoms with E-state index in [1.807, 2.05) is 6.92 Å². The van der Waals surface area contributed by atoms with Gasteiger partial charge in [-0.3, -0.25) is 4.79 Å². The second kappa shape index (κ2) is 9.07. The molecule has 1 fully saturated rings. The lowest BCUT2D eigenvalue weighted by molar-refractivity contribution is 0.102. The summed E-state index contributed by atoms with van der Waals surface area (Å²) in [6.07, 6.45) is 4.76. The number of nitrogens with zero attached hydrogens (tertiary/aromatic N) is 5. The molecule has 0 spiro atoms. The van der Waals surface area contributed by atoms with Crippen LogP contribution in [0.15, 0.2) is 24.7 Å². The fraction of sp³-hybridized carbons (Fsp3) is 0.455. The molecule has 2 N–H and O–H groups in total. The summed E-state index contributed by atoms with van der Waals surface area (Å²) < 4.78 is 21.6. The number of rotatable bonds is 6. The van der Waals surface area contributed by atoms with Gasteiger partial charge in [-0.05, 0) is 19.8 Å². The Bertz CT molecular complexity index is 1130. The Balaban J connectivity index is 1.58. The first-order valence-electron chi connectivity index (χ1n) is 10.8. The summed E-state index contributed by atoms with van der Waals surface area (Å²) in [5.41, 5.74) is 1.38. The summed E-state index contributed by atoms with van der Waals surface area (Å²) in [5, 5.41) is 6.21. The number of aryl methyl sites for hydroxylation is 1. The topological polar surface area (TPSA) is 96.7 Å². The van der Waals surface area contributed by atoms with Crippen molar-refractivity contribution in [1.29, 1.82) is 0 Å². The number of hydrogen-bond acceptors (Lipinski definition) is 7. The number of amides is 1. The van der Waals surface area contributed by atoms with Gasteiger partial charge in [0.2, 0.25) is 11.8 Å². The smallest absolute Gasteiger partial charge is 0.262 e. The number of pyridine rings is 1. The van der Waals surface area contributed by atoms with E-state index in [0.29, 0.717) is 35.9 Å². The highest BCUT2D eigenvalue weighted by molar-refractivity contribution is 6.05. The molecular formula is C22H28FN7O2. The number of nitrogens with one attached hydrogen (secondary N) is 2. The van der Waals surface area contributed by atoms with Crippen LogP contribution in [0.5, 0.6) is 5.88 Å². The van der Waals surface area contributed by atoms with E-state index in [0.717, 1.165) is 19.6 Å². The first-order valence-corrected chi connectivity index (χ1v) is 10.8. The van der Waals surface area contributed by atoms with Crippen LogP contribution in [0.25, 0.3) is 5.65 Å². The largest absolute Gasteiger partial charge is 0.477 e. The van der Waals surface area contributed by atoms with E-state index in [2.05, 4.69) is 44.3 Å². The lowest BCUT2D eigenvalue weighted by Gasteiger charge is -2.35. The van der Waals surface area contributed by atoms with E-state index in [-0.39, 0.29) is 17.1 Å². The van der Waals surface area contributed by atoms with Gasteiger partial charge in [0, 0.05) is 50.3 Å². The quantitative estimate of drug-likeness (QED) is 0.607. The zero-order valence-electron chi connectivity index (χ0n) is 18.7. The number of hydrogen-bond donors (Lipinski definition) is 2. The van der Waals surface area contributed by atoms with Crippen molar-refractivity contribution in [1.82, 2.24) is 24.7 Å². The van der Waals surface area contributed by atoms with Gasteiger partial charge < -0.3 is 24.7 Å². The molecule has 0 radical (unpaired) electrons. The third kappa shape index (κ3) is 4.50. The van der Waals surface area contributed by atoms with Gasteiger partial charge in [0.15, 0.2) is 11.5 Å². The van der Waals surface area contributed by atoms with E-state index in [1.54, 1.807) is 23.7 Å². The maximum atomic E-state index is 14.4. The number of piperazine rings is 1. The van der Waals surface area contributed by atoms with Crippen LogP contribution >= 0.6 is 0 Å². The predicted molar refractivity (Wildman–Crippen MR) is 120 cm³/mol. The summed E-state index contributed by atoms with van der Waals surface area (Å²) in [6, 6.07) is 1.57. The molecule has 1 aliphatic heterocycles. The third-order valence-electron chi connectivity index (χ3n) is 5.44. The van der Waals surface area contributed by atoms with Crippen molar-refractivity contribution in [3.8, 4) is 5.88 Å². The van der Waals surface area contributed by atoms with E-state index in [9.17, 15) is 9.18 Å². The molecule has 32 heavy (non-hydrogen) atoms. The van der Waals surface area contributed by atoms with E-state index >= 15 is 0 Å². The molecule has 1 amide bonds. The number of aromatic nitrogens is 4. The molecule has 1 atom stereocenters. The summed E-state index contributed by atoms with van der Waals surface area (Å²) in [7, 11) is 0. The average Bonchev–Trinajstić information content (AvgIpc) is 3.14. The first-order chi connectivity index (χ1) is 15.4. The lowest BCUT2D eigenvalue weighted by Crippen LogP contribution is -2.53. The van der Waals surface area contributed by atoms with Gasteiger partial charge in [0.1, 0.15) is 5.56 Å². The zero-order chi connectivity index (χ0) is 22.8. The monoisotopic (exact) mass is 441 g/mol. The standard InChI is InChI=1S/C22H28FN7O2/c1-5-32-21-16(9-25-22(28-21)29-7-6-24-18(12-29)13(2)3)20(31)27-15-8-17(23)19-26-14(4)10-30(19)11-15/h8-11,13,18,24H,5-7,12H2,1-4H3,(H,27,31)/t18-/m1/s1. The van der Waals surface area contributed by atoms with Crippen LogP contribution in [-0.2, 0) is 0 Å². The molecule has 0 saturated carbocycles. The molecule has 1 aliphatic rings. The number of halogens is 1. The molecule has 9 nitrogen and oxygen atoms in total. The molecular weight excluding hydrogens is 413 g/mol. The number of anilines is 2. The van der Waals surface area contributed by atoms with Crippen LogP contribution in [-0.4, -0.2) is 57.5 Å². The van der Waals surface area contributed by atoms with Crippen molar-refractivity contribution < 1.29 is 13.9 Å². The molecule has 4 rings (SSSR count). The summed E-state index contributed by atoms with van der Waals surface area (Å²) in [5.74, 6) is 0.210. The minimum absolute atomic E-state index is 0.188. The van der Waals surface area contributed by atoms with Crippen LogP contribution in [0.1, 0.15) is 36.8 Å². The Hall–Kier alpha value is -3.27. The normalized spacial score (nSPS) is 16.6. The highest BCUT2D eigenvalue weighted by Gasteiger charge is 2.25.